The fourth-order valence-corrected chi connectivity index (χ4v) is 1.89. The molecule has 2 heterocycles. The highest BCUT2D eigenvalue weighted by Crippen LogP contribution is 2.16. The molecule has 0 saturated heterocycles. The van der Waals surface area contributed by atoms with E-state index < -0.39 is 0 Å². The summed E-state index contributed by atoms with van der Waals surface area (Å²) in [5, 5.41) is 13.2. The van der Waals surface area contributed by atoms with Gasteiger partial charge in [0.2, 0.25) is 11.7 Å². The first kappa shape index (κ1) is 12.3. The Balaban J connectivity index is 1.82. The highest BCUT2D eigenvalue weighted by atomic mass is 16.5. The molecule has 100 valence electrons. The van der Waals surface area contributed by atoms with Crippen molar-refractivity contribution in [3.63, 3.8) is 0 Å². The molecule has 0 aliphatic carbocycles. The molecular weight excluding hydrogens is 254 g/mol. The van der Waals surface area contributed by atoms with Crippen molar-refractivity contribution in [2.45, 2.75) is 13.3 Å². The number of pyridine rings is 1. The van der Waals surface area contributed by atoms with Crippen molar-refractivity contribution in [2.75, 3.05) is 0 Å². The number of aromatic hydroxyl groups is 1. The van der Waals surface area contributed by atoms with Crippen molar-refractivity contribution >= 4 is 0 Å². The van der Waals surface area contributed by atoms with Crippen LogP contribution in [0.25, 0.3) is 11.5 Å². The average Bonchev–Trinajstić information content (AvgIpc) is 2.90. The molecule has 0 bridgehead atoms. The maximum atomic E-state index is 9.24. The fourth-order valence-electron chi connectivity index (χ4n) is 1.89. The van der Waals surface area contributed by atoms with Gasteiger partial charge in [-0.1, -0.05) is 23.4 Å². The van der Waals surface area contributed by atoms with Crippen LogP contribution in [0.15, 0.2) is 47.0 Å². The second-order valence-corrected chi connectivity index (χ2v) is 4.52. The zero-order chi connectivity index (χ0) is 13.9. The largest absolute Gasteiger partial charge is 0.508 e. The molecule has 0 fully saturated rings. The molecule has 1 N–H and O–H groups in total. The smallest absolute Gasteiger partial charge is 0.231 e. The maximum absolute atomic E-state index is 9.24. The van der Waals surface area contributed by atoms with Crippen LogP contribution in [0, 0.1) is 6.92 Å². The molecule has 2 aromatic heterocycles. The predicted molar refractivity (Wildman–Crippen MR) is 73.2 cm³/mol. The van der Waals surface area contributed by atoms with Crippen molar-refractivity contribution in [1.82, 2.24) is 15.1 Å². The van der Waals surface area contributed by atoms with Gasteiger partial charge in [0.15, 0.2) is 0 Å². The van der Waals surface area contributed by atoms with Gasteiger partial charge < -0.3 is 9.63 Å². The molecule has 5 heteroatoms. The van der Waals surface area contributed by atoms with E-state index in [2.05, 4.69) is 15.1 Å². The van der Waals surface area contributed by atoms with E-state index >= 15 is 0 Å². The third kappa shape index (κ3) is 2.66. The van der Waals surface area contributed by atoms with Crippen molar-refractivity contribution in [3.05, 3.63) is 59.6 Å². The molecule has 0 saturated carbocycles. The minimum Gasteiger partial charge on any atom is -0.508 e. The normalized spacial score (nSPS) is 10.7. The van der Waals surface area contributed by atoms with E-state index in [4.69, 9.17) is 4.52 Å². The molecule has 0 amide bonds. The summed E-state index contributed by atoms with van der Waals surface area (Å²) in [5.41, 5.74) is 2.60. The monoisotopic (exact) mass is 267 g/mol. The summed E-state index contributed by atoms with van der Waals surface area (Å²) in [4.78, 5) is 8.69. The lowest BCUT2D eigenvalue weighted by Crippen LogP contribution is -1.90. The second-order valence-electron chi connectivity index (χ2n) is 4.52. The van der Waals surface area contributed by atoms with Gasteiger partial charge in [-0.05, 0) is 36.8 Å². The number of hydrogen-bond donors (Lipinski definition) is 1. The van der Waals surface area contributed by atoms with Crippen LogP contribution in [0.5, 0.6) is 5.75 Å². The molecule has 0 atom stereocenters. The van der Waals surface area contributed by atoms with Crippen LogP contribution in [0.4, 0.5) is 0 Å². The highest BCUT2D eigenvalue weighted by molar-refractivity contribution is 5.48. The van der Waals surface area contributed by atoms with Gasteiger partial charge in [0.1, 0.15) is 11.4 Å². The number of aromatic nitrogens is 3. The molecule has 0 unspecified atom stereocenters. The average molecular weight is 267 g/mol. The predicted octanol–water partition coefficient (Wildman–Crippen LogP) is 2.74. The van der Waals surface area contributed by atoms with Gasteiger partial charge in [-0.3, -0.25) is 0 Å². The highest BCUT2D eigenvalue weighted by Gasteiger charge is 2.10. The molecule has 0 radical (unpaired) electrons. The Labute approximate surface area is 115 Å². The molecule has 1 aromatic carbocycles. The van der Waals surface area contributed by atoms with Crippen LogP contribution in [0.1, 0.15) is 17.1 Å². The van der Waals surface area contributed by atoms with Crippen LogP contribution in [0.2, 0.25) is 0 Å². The Morgan fingerprint density at radius 2 is 1.85 bits per heavy atom. The van der Waals surface area contributed by atoms with Crippen LogP contribution < -0.4 is 0 Å². The van der Waals surface area contributed by atoms with Crippen molar-refractivity contribution in [3.8, 4) is 17.3 Å². The Kier molecular flexibility index (Phi) is 3.16. The van der Waals surface area contributed by atoms with Crippen LogP contribution in [-0.2, 0) is 6.42 Å². The van der Waals surface area contributed by atoms with Crippen molar-refractivity contribution in [1.29, 1.82) is 0 Å². The number of benzene rings is 1. The molecule has 20 heavy (non-hydrogen) atoms. The Morgan fingerprint density at radius 3 is 2.60 bits per heavy atom. The zero-order valence-corrected chi connectivity index (χ0v) is 10.9. The van der Waals surface area contributed by atoms with Gasteiger partial charge in [0.05, 0.1) is 6.42 Å². The number of rotatable bonds is 3. The SMILES string of the molecule is Cc1cccc(-c2noc(Cc3ccc(O)cc3)n2)n1. The summed E-state index contributed by atoms with van der Waals surface area (Å²) in [6, 6.07) is 12.6. The molecule has 0 aliphatic rings. The number of hydrogen-bond acceptors (Lipinski definition) is 5. The molecule has 0 spiro atoms. The van der Waals surface area contributed by atoms with Crippen LogP contribution >= 0.6 is 0 Å². The van der Waals surface area contributed by atoms with E-state index in [9.17, 15) is 5.11 Å². The Morgan fingerprint density at radius 1 is 1.05 bits per heavy atom. The summed E-state index contributed by atoms with van der Waals surface area (Å²) in [6.45, 7) is 1.92. The van der Waals surface area contributed by atoms with E-state index in [1.807, 2.05) is 37.3 Å². The number of phenols is 1. The lowest BCUT2D eigenvalue weighted by Gasteiger charge is -1.96. The van der Waals surface area contributed by atoms with Gasteiger partial charge in [-0.15, -0.1) is 0 Å². The van der Waals surface area contributed by atoms with Gasteiger partial charge in [0.25, 0.3) is 0 Å². The standard InChI is InChI=1S/C15H13N3O2/c1-10-3-2-4-13(16-10)15-17-14(20-18-15)9-11-5-7-12(19)8-6-11/h2-8,19H,9H2,1H3. The summed E-state index contributed by atoms with van der Waals surface area (Å²) >= 11 is 0. The minimum absolute atomic E-state index is 0.240. The topological polar surface area (TPSA) is 72.0 Å². The number of nitrogens with zero attached hydrogens (tertiary/aromatic N) is 3. The Bertz CT molecular complexity index is 720. The second kappa shape index (κ2) is 5.13. The van der Waals surface area contributed by atoms with Crippen molar-refractivity contribution < 1.29 is 9.63 Å². The number of aryl methyl sites for hydroxylation is 1. The quantitative estimate of drug-likeness (QED) is 0.790. The van der Waals surface area contributed by atoms with E-state index in [0.29, 0.717) is 23.8 Å². The Hall–Kier alpha value is -2.69. The van der Waals surface area contributed by atoms with Crippen molar-refractivity contribution in [2.24, 2.45) is 0 Å². The summed E-state index contributed by atoms with van der Waals surface area (Å²) in [6.07, 6.45) is 0.527. The molecular formula is C15H13N3O2. The molecule has 0 aliphatic heterocycles. The van der Waals surface area contributed by atoms with Gasteiger partial charge >= 0.3 is 0 Å². The van der Waals surface area contributed by atoms with E-state index in [0.717, 1.165) is 11.3 Å². The first-order valence-corrected chi connectivity index (χ1v) is 6.25. The first-order chi connectivity index (χ1) is 9.70. The van der Waals surface area contributed by atoms with Gasteiger partial charge in [0, 0.05) is 5.69 Å². The molecule has 3 aromatic rings. The van der Waals surface area contributed by atoms with Gasteiger partial charge in [-0.2, -0.15) is 4.98 Å². The summed E-state index contributed by atoms with van der Waals surface area (Å²) in [7, 11) is 0. The lowest BCUT2D eigenvalue weighted by atomic mass is 10.1. The van der Waals surface area contributed by atoms with Crippen LogP contribution in [0.3, 0.4) is 0 Å². The molecule has 5 nitrogen and oxygen atoms in total. The van der Waals surface area contributed by atoms with E-state index in [1.165, 1.54) is 0 Å². The summed E-state index contributed by atoms with van der Waals surface area (Å²) in [5.74, 6) is 1.25. The minimum atomic E-state index is 0.240. The maximum Gasteiger partial charge on any atom is 0.231 e. The lowest BCUT2D eigenvalue weighted by molar-refractivity contribution is 0.385. The molecule has 3 rings (SSSR count). The third-order valence-electron chi connectivity index (χ3n) is 2.88. The van der Waals surface area contributed by atoms with Gasteiger partial charge in [-0.25, -0.2) is 4.98 Å². The van der Waals surface area contributed by atoms with E-state index in [-0.39, 0.29) is 5.75 Å². The summed E-state index contributed by atoms with van der Waals surface area (Å²) < 4.78 is 5.23. The third-order valence-corrected chi connectivity index (χ3v) is 2.88. The zero-order valence-electron chi connectivity index (χ0n) is 10.9. The first-order valence-electron chi connectivity index (χ1n) is 6.25. The fraction of sp³-hybridized carbons (Fsp3) is 0.133. The van der Waals surface area contributed by atoms with Crippen LogP contribution in [-0.4, -0.2) is 20.2 Å². The van der Waals surface area contributed by atoms with E-state index in [1.54, 1.807) is 12.1 Å². The number of phenolic OH excluding ortho intramolecular Hbond substituents is 1.